The van der Waals surface area contributed by atoms with E-state index in [1.165, 1.54) is 12.1 Å². The molecule has 1 atom stereocenters. The molecule has 1 unspecified atom stereocenters. The van der Waals surface area contributed by atoms with Gasteiger partial charge >= 0.3 is 0 Å². The summed E-state index contributed by atoms with van der Waals surface area (Å²) in [6, 6.07) is 14.5. The summed E-state index contributed by atoms with van der Waals surface area (Å²) in [5.74, 6) is -0.228. The first kappa shape index (κ1) is 23.0. The van der Waals surface area contributed by atoms with Crippen LogP contribution in [0.3, 0.4) is 0 Å². The Morgan fingerprint density at radius 2 is 1.79 bits per heavy atom. The number of carbonyl (C=O) groups is 2. The van der Waals surface area contributed by atoms with Crippen molar-refractivity contribution in [3.05, 3.63) is 65.7 Å². The van der Waals surface area contributed by atoms with Gasteiger partial charge in [-0.2, -0.15) is 11.8 Å². The molecule has 29 heavy (non-hydrogen) atoms. The minimum absolute atomic E-state index is 0.0217. The molecule has 0 heterocycles. The molecule has 2 aromatic carbocycles. The molecule has 0 aliphatic carbocycles. The first-order valence-electron chi connectivity index (χ1n) is 9.25. The molecule has 0 aliphatic rings. The van der Waals surface area contributed by atoms with Gasteiger partial charge in [0.1, 0.15) is 6.04 Å². The number of hydrogen-bond acceptors (Lipinski definition) is 5. The molecule has 2 N–H and O–H groups in total. The summed E-state index contributed by atoms with van der Waals surface area (Å²) in [6.07, 6.45) is 2.37. The zero-order valence-corrected chi connectivity index (χ0v) is 18.2. The second-order valence-electron chi connectivity index (χ2n) is 6.60. The molecule has 0 spiro atoms. The number of benzene rings is 2. The van der Waals surface area contributed by atoms with Crippen LogP contribution >= 0.6 is 11.8 Å². The lowest BCUT2D eigenvalue weighted by Crippen LogP contribution is -2.48. The van der Waals surface area contributed by atoms with Crippen molar-refractivity contribution in [3.63, 3.8) is 0 Å². The van der Waals surface area contributed by atoms with E-state index in [4.69, 9.17) is 0 Å². The predicted molar refractivity (Wildman–Crippen MR) is 117 cm³/mol. The fourth-order valence-corrected chi connectivity index (χ4v) is 4.36. The number of thioether (sulfide) groups is 1. The molecular weight excluding hydrogens is 408 g/mol. The summed E-state index contributed by atoms with van der Waals surface area (Å²) in [4.78, 5) is 25.3. The Hall–Kier alpha value is -2.32. The van der Waals surface area contributed by atoms with Gasteiger partial charge in [0.25, 0.3) is 5.91 Å². The van der Waals surface area contributed by atoms with Crippen LogP contribution in [0.4, 0.5) is 0 Å². The number of sulfone groups is 1. The van der Waals surface area contributed by atoms with E-state index in [0.29, 0.717) is 17.7 Å². The number of carbonyl (C=O) groups excluding carboxylic acids is 2. The lowest BCUT2D eigenvalue weighted by atomic mass is 10.1. The Kier molecular flexibility index (Phi) is 8.72. The van der Waals surface area contributed by atoms with Crippen LogP contribution in [0.25, 0.3) is 0 Å². The molecule has 0 radical (unpaired) electrons. The van der Waals surface area contributed by atoms with Crippen LogP contribution in [0.5, 0.6) is 0 Å². The van der Waals surface area contributed by atoms with Gasteiger partial charge in [-0.25, -0.2) is 8.42 Å². The molecule has 2 amide bonds. The van der Waals surface area contributed by atoms with E-state index in [1.54, 1.807) is 48.2 Å². The van der Waals surface area contributed by atoms with Crippen LogP contribution in [-0.2, 0) is 14.6 Å². The molecule has 6 nitrogen and oxygen atoms in total. The molecule has 2 aromatic rings. The summed E-state index contributed by atoms with van der Waals surface area (Å²) in [7, 11) is -3.48. The highest BCUT2D eigenvalue weighted by Crippen LogP contribution is 2.10. The zero-order chi connectivity index (χ0) is 21.3. The quantitative estimate of drug-likeness (QED) is 0.599. The van der Waals surface area contributed by atoms with Gasteiger partial charge in [0.2, 0.25) is 5.91 Å². The highest BCUT2D eigenvalue weighted by molar-refractivity contribution is 7.98. The molecule has 0 fully saturated rings. The van der Waals surface area contributed by atoms with Gasteiger partial charge in [-0.3, -0.25) is 9.59 Å². The molecule has 0 saturated carbocycles. The predicted octanol–water partition coefficient (Wildman–Crippen LogP) is 2.44. The maximum Gasteiger partial charge on any atom is 0.251 e. The fraction of sp³-hybridized carbons (Fsp3) is 0.333. The number of amides is 2. The summed E-state index contributed by atoms with van der Waals surface area (Å²) < 4.78 is 24.7. The van der Waals surface area contributed by atoms with E-state index in [1.807, 2.05) is 19.2 Å². The van der Waals surface area contributed by atoms with Crippen molar-refractivity contribution in [2.45, 2.75) is 24.3 Å². The van der Waals surface area contributed by atoms with Gasteiger partial charge in [-0.1, -0.05) is 35.9 Å². The first-order chi connectivity index (χ1) is 13.8. The van der Waals surface area contributed by atoms with Crippen molar-refractivity contribution in [3.8, 4) is 0 Å². The van der Waals surface area contributed by atoms with Gasteiger partial charge in [0.15, 0.2) is 9.84 Å². The molecule has 0 bridgehead atoms. The largest absolute Gasteiger partial charge is 0.353 e. The molecule has 8 heteroatoms. The lowest BCUT2D eigenvalue weighted by Gasteiger charge is -2.18. The average Bonchev–Trinajstić information content (AvgIpc) is 2.71. The second kappa shape index (κ2) is 11.0. The molecule has 0 aromatic heterocycles. The van der Waals surface area contributed by atoms with Crippen molar-refractivity contribution in [2.75, 3.05) is 24.3 Å². The number of aryl methyl sites for hydroxylation is 1. The third kappa shape index (κ3) is 7.21. The van der Waals surface area contributed by atoms with Crippen LogP contribution in [0, 0.1) is 6.92 Å². The number of nitrogens with one attached hydrogen (secondary N) is 2. The van der Waals surface area contributed by atoms with E-state index in [-0.39, 0.29) is 29.0 Å². The summed E-state index contributed by atoms with van der Waals surface area (Å²) in [6.45, 7) is 1.87. The SMILES string of the molecule is CSCCC(NC(=O)c1cccc(C)c1)C(=O)NCCS(=O)(=O)c1ccccc1. The Labute approximate surface area is 176 Å². The van der Waals surface area contributed by atoms with Crippen molar-refractivity contribution in [1.82, 2.24) is 10.6 Å². The first-order valence-corrected chi connectivity index (χ1v) is 12.3. The van der Waals surface area contributed by atoms with Gasteiger partial charge in [0, 0.05) is 12.1 Å². The Morgan fingerprint density at radius 1 is 1.07 bits per heavy atom. The van der Waals surface area contributed by atoms with Gasteiger partial charge in [-0.15, -0.1) is 0 Å². The van der Waals surface area contributed by atoms with Crippen molar-refractivity contribution >= 4 is 33.4 Å². The van der Waals surface area contributed by atoms with E-state index < -0.39 is 15.9 Å². The van der Waals surface area contributed by atoms with Crippen LogP contribution in [0.15, 0.2) is 59.5 Å². The molecular formula is C21H26N2O4S2. The molecule has 2 rings (SSSR count). The Morgan fingerprint density at radius 3 is 2.45 bits per heavy atom. The maximum absolute atomic E-state index is 12.6. The third-order valence-corrected chi connectivity index (χ3v) is 6.66. The summed E-state index contributed by atoms with van der Waals surface area (Å²) >= 11 is 1.57. The van der Waals surface area contributed by atoms with Crippen LogP contribution in [-0.4, -0.2) is 50.6 Å². The topological polar surface area (TPSA) is 92.3 Å². The van der Waals surface area contributed by atoms with Crippen molar-refractivity contribution < 1.29 is 18.0 Å². The van der Waals surface area contributed by atoms with Crippen LogP contribution in [0.1, 0.15) is 22.3 Å². The molecule has 0 saturated heterocycles. The monoisotopic (exact) mass is 434 g/mol. The minimum Gasteiger partial charge on any atom is -0.353 e. The van der Waals surface area contributed by atoms with Crippen molar-refractivity contribution in [1.29, 1.82) is 0 Å². The van der Waals surface area contributed by atoms with Crippen LogP contribution in [0.2, 0.25) is 0 Å². The van der Waals surface area contributed by atoms with E-state index in [2.05, 4.69) is 10.6 Å². The van der Waals surface area contributed by atoms with E-state index in [0.717, 1.165) is 5.56 Å². The summed E-state index contributed by atoms with van der Waals surface area (Å²) in [5, 5.41) is 5.40. The second-order valence-corrected chi connectivity index (χ2v) is 9.69. The number of rotatable bonds is 10. The fourth-order valence-electron chi connectivity index (χ4n) is 2.71. The highest BCUT2D eigenvalue weighted by Gasteiger charge is 2.22. The average molecular weight is 435 g/mol. The van der Waals surface area contributed by atoms with Crippen molar-refractivity contribution in [2.24, 2.45) is 0 Å². The third-order valence-electron chi connectivity index (χ3n) is 4.29. The summed E-state index contributed by atoms with van der Waals surface area (Å²) in [5.41, 5.74) is 1.44. The molecule has 0 aliphatic heterocycles. The zero-order valence-electron chi connectivity index (χ0n) is 16.6. The standard InChI is InChI=1S/C21H26N2O4S2/c1-16-7-6-8-17(15-16)20(24)23-19(11-13-28-2)21(25)22-12-14-29(26,27)18-9-4-3-5-10-18/h3-10,15,19H,11-14H2,1-2H3,(H,22,25)(H,23,24). The maximum atomic E-state index is 12.6. The van der Waals surface area contributed by atoms with Gasteiger partial charge < -0.3 is 10.6 Å². The lowest BCUT2D eigenvalue weighted by molar-refractivity contribution is -0.122. The Balaban J connectivity index is 1.96. The molecule has 156 valence electrons. The normalized spacial score (nSPS) is 12.2. The van der Waals surface area contributed by atoms with E-state index in [9.17, 15) is 18.0 Å². The highest BCUT2D eigenvalue weighted by atomic mass is 32.2. The van der Waals surface area contributed by atoms with Gasteiger partial charge in [0.05, 0.1) is 10.6 Å². The number of hydrogen-bond donors (Lipinski definition) is 2. The smallest absolute Gasteiger partial charge is 0.251 e. The minimum atomic E-state index is -3.48. The van der Waals surface area contributed by atoms with Crippen LogP contribution < -0.4 is 10.6 Å². The Bertz CT molecular complexity index is 931. The van der Waals surface area contributed by atoms with E-state index >= 15 is 0 Å². The van der Waals surface area contributed by atoms with Gasteiger partial charge in [-0.05, 0) is 49.6 Å².